The number of ether oxygens (including phenoxy) is 1. The Morgan fingerprint density at radius 3 is 2.48 bits per heavy atom. The Bertz CT molecular complexity index is 717. The highest BCUT2D eigenvalue weighted by Gasteiger charge is 2.10. The van der Waals surface area contributed by atoms with Crippen molar-refractivity contribution in [2.45, 2.75) is 6.42 Å². The molecule has 0 saturated heterocycles. The Balaban J connectivity index is 1.83. The number of carbonyl (C=O) groups excluding carboxylic acids is 2. The monoisotopic (exact) mass is 353 g/mol. The summed E-state index contributed by atoms with van der Waals surface area (Å²) >= 11 is 11.7. The van der Waals surface area contributed by atoms with Gasteiger partial charge in [0, 0.05) is 5.02 Å². The number of esters is 1. The molecule has 0 heterocycles. The number of halogens is 2. The topological polar surface area (TPSA) is 75.6 Å². The molecule has 0 aliphatic heterocycles. The fourth-order valence-corrected chi connectivity index (χ4v) is 2.09. The van der Waals surface area contributed by atoms with Crippen LogP contribution in [0.15, 0.2) is 42.5 Å². The largest absolute Gasteiger partial charge is 0.508 e. The number of amides is 1. The van der Waals surface area contributed by atoms with Crippen molar-refractivity contribution in [1.29, 1.82) is 0 Å². The summed E-state index contributed by atoms with van der Waals surface area (Å²) in [5.74, 6) is -0.962. The van der Waals surface area contributed by atoms with Gasteiger partial charge in [-0.1, -0.05) is 35.3 Å². The first-order valence-electron chi connectivity index (χ1n) is 6.62. The Labute approximate surface area is 142 Å². The second-order valence-corrected chi connectivity index (χ2v) is 5.52. The molecule has 120 valence electrons. The summed E-state index contributed by atoms with van der Waals surface area (Å²) in [6, 6.07) is 10.8. The van der Waals surface area contributed by atoms with E-state index in [1.54, 1.807) is 24.3 Å². The molecule has 2 aromatic rings. The molecule has 0 spiro atoms. The van der Waals surface area contributed by atoms with Gasteiger partial charge in [-0.2, -0.15) is 0 Å². The summed E-state index contributed by atoms with van der Waals surface area (Å²) in [7, 11) is 0. The zero-order valence-electron chi connectivity index (χ0n) is 11.9. The molecule has 0 unspecified atom stereocenters. The second-order valence-electron chi connectivity index (χ2n) is 4.68. The Morgan fingerprint density at radius 2 is 1.78 bits per heavy atom. The Hall–Kier alpha value is -2.24. The molecule has 23 heavy (non-hydrogen) atoms. The molecule has 2 N–H and O–H groups in total. The maximum atomic E-state index is 11.8. The number of phenols is 1. The van der Waals surface area contributed by atoms with Gasteiger partial charge in [-0.25, -0.2) is 0 Å². The quantitative estimate of drug-likeness (QED) is 0.807. The number of anilines is 1. The Morgan fingerprint density at radius 1 is 1.09 bits per heavy atom. The van der Waals surface area contributed by atoms with E-state index in [1.807, 2.05) is 0 Å². The van der Waals surface area contributed by atoms with Crippen LogP contribution in [0.25, 0.3) is 0 Å². The van der Waals surface area contributed by atoms with E-state index in [4.69, 9.17) is 33.0 Å². The van der Waals surface area contributed by atoms with Crippen LogP contribution in [0.1, 0.15) is 5.56 Å². The standard InChI is InChI=1S/C16H13Cl2NO4/c17-11-3-6-13(18)14(8-11)19-15(21)9-23-16(22)7-10-1-4-12(20)5-2-10/h1-6,8,20H,7,9H2,(H,19,21). The number of phenolic OH excluding ortho intramolecular Hbond substituents is 1. The molecular weight excluding hydrogens is 341 g/mol. The van der Waals surface area contributed by atoms with Crippen molar-refractivity contribution >= 4 is 40.8 Å². The van der Waals surface area contributed by atoms with E-state index in [-0.39, 0.29) is 12.2 Å². The lowest BCUT2D eigenvalue weighted by Crippen LogP contribution is -2.21. The Kier molecular flexibility index (Phi) is 5.84. The van der Waals surface area contributed by atoms with Crippen molar-refractivity contribution in [3.63, 3.8) is 0 Å². The van der Waals surface area contributed by atoms with Crippen LogP contribution in [0.5, 0.6) is 5.75 Å². The molecule has 1 amide bonds. The molecule has 0 saturated carbocycles. The predicted octanol–water partition coefficient (Wildman–Crippen LogP) is 3.42. The molecule has 7 heteroatoms. The summed E-state index contributed by atoms with van der Waals surface area (Å²) in [6.07, 6.45) is 0.00544. The minimum absolute atomic E-state index is 0.00544. The number of hydrogen-bond donors (Lipinski definition) is 2. The molecule has 0 aliphatic carbocycles. The third kappa shape index (κ3) is 5.47. The number of rotatable bonds is 5. The van der Waals surface area contributed by atoms with Crippen LogP contribution in [0.3, 0.4) is 0 Å². The minimum atomic E-state index is -0.553. The smallest absolute Gasteiger partial charge is 0.310 e. The van der Waals surface area contributed by atoms with Crippen LogP contribution in [0.2, 0.25) is 10.0 Å². The van der Waals surface area contributed by atoms with Crippen molar-refractivity contribution in [3.05, 3.63) is 58.1 Å². The zero-order valence-corrected chi connectivity index (χ0v) is 13.4. The average Bonchev–Trinajstić information content (AvgIpc) is 2.51. The number of benzene rings is 2. The fourth-order valence-electron chi connectivity index (χ4n) is 1.76. The highest BCUT2D eigenvalue weighted by molar-refractivity contribution is 6.35. The maximum absolute atomic E-state index is 11.8. The number of nitrogens with one attached hydrogen (secondary N) is 1. The third-order valence-corrected chi connectivity index (χ3v) is 3.42. The van der Waals surface area contributed by atoms with E-state index in [0.29, 0.717) is 21.3 Å². The minimum Gasteiger partial charge on any atom is -0.508 e. The van der Waals surface area contributed by atoms with Gasteiger partial charge in [0.15, 0.2) is 6.61 Å². The first-order chi connectivity index (χ1) is 10.9. The lowest BCUT2D eigenvalue weighted by molar-refractivity contribution is -0.146. The zero-order chi connectivity index (χ0) is 16.8. The lowest BCUT2D eigenvalue weighted by Gasteiger charge is -2.08. The predicted molar refractivity (Wildman–Crippen MR) is 87.9 cm³/mol. The summed E-state index contributed by atoms with van der Waals surface area (Å²) in [6.45, 7) is -0.431. The molecule has 0 fully saturated rings. The van der Waals surface area contributed by atoms with Crippen LogP contribution in [0.4, 0.5) is 5.69 Å². The van der Waals surface area contributed by atoms with Gasteiger partial charge >= 0.3 is 5.97 Å². The van der Waals surface area contributed by atoms with Crippen LogP contribution in [-0.2, 0) is 20.7 Å². The van der Waals surface area contributed by atoms with Gasteiger partial charge in [0.05, 0.1) is 17.1 Å². The van der Waals surface area contributed by atoms with Gasteiger partial charge in [-0.3, -0.25) is 9.59 Å². The fraction of sp³-hybridized carbons (Fsp3) is 0.125. The van der Waals surface area contributed by atoms with E-state index in [1.165, 1.54) is 18.2 Å². The van der Waals surface area contributed by atoms with Gasteiger partial charge in [-0.15, -0.1) is 0 Å². The van der Waals surface area contributed by atoms with E-state index < -0.39 is 18.5 Å². The molecule has 0 bridgehead atoms. The summed E-state index contributed by atoms with van der Waals surface area (Å²) in [5, 5.41) is 12.4. The number of aromatic hydroxyl groups is 1. The van der Waals surface area contributed by atoms with Gasteiger partial charge in [0.25, 0.3) is 5.91 Å². The van der Waals surface area contributed by atoms with Gasteiger partial charge in [-0.05, 0) is 35.9 Å². The number of hydrogen-bond acceptors (Lipinski definition) is 4. The third-order valence-electron chi connectivity index (χ3n) is 2.85. The van der Waals surface area contributed by atoms with Gasteiger partial charge < -0.3 is 15.2 Å². The molecule has 0 atom stereocenters. The molecule has 2 rings (SSSR count). The van der Waals surface area contributed by atoms with Crippen molar-refractivity contribution in [3.8, 4) is 5.75 Å². The van der Waals surface area contributed by atoms with Crippen molar-refractivity contribution in [2.75, 3.05) is 11.9 Å². The van der Waals surface area contributed by atoms with Gasteiger partial charge in [0.2, 0.25) is 0 Å². The SMILES string of the molecule is O=C(COC(=O)Cc1ccc(O)cc1)Nc1cc(Cl)ccc1Cl. The van der Waals surface area contributed by atoms with Crippen molar-refractivity contribution < 1.29 is 19.4 Å². The normalized spacial score (nSPS) is 10.2. The highest BCUT2D eigenvalue weighted by Crippen LogP contribution is 2.25. The average molecular weight is 354 g/mol. The van der Waals surface area contributed by atoms with E-state index >= 15 is 0 Å². The lowest BCUT2D eigenvalue weighted by atomic mass is 10.1. The van der Waals surface area contributed by atoms with Crippen molar-refractivity contribution in [1.82, 2.24) is 0 Å². The molecule has 5 nitrogen and oxygen atoms in total. The molecule has 0 aromatic heterocycles. The highest BCUT2D eigenvalue weighted by atomic mass is 35.5. The first-order valence-corrected chi connectivity index (χ1v) is 7.38. The maximum Gasteiger partial charge on any atom is 0.310 e. The summed E-state index contributed by atoms with van der Waals surface area (Å²) in [5.41, 5.74) is 1.02. The van der Waals surface area contributed by atoms with Crippen LogP contribution in [-0.4, -0.2) is 23.6 Å². The second kappa shape index (κ2) is 7.85. The molecular formula is C16H13Cl2NO4. The van der Waals surface area contributed by atoms with Crippen LogP contribution < -0.4 is 5.32 Å². The molecule has 2 aromatic carbocycles. The summed E-state index contributed by atoms with van der Waals surface area (Å²) < 4.78 is 4.89. The van der Waals surface area contributed by atoms with Crippen LogP contribution in [0, 0.1) is 0 Å². The van der Waals surface area contributed by atoms with Gasteiger partial charge in [0.1, 0.15) is 5.75 Å². The summed E-state index contributed by atoms with van der Waals surface area (Å²) in [4.78, 5) is 23.4. The van der Waals surface area contributed by atoms with Crippen molar-refractivity contribution in [2.24, 2.45) is 0 Å². The molecule has 0 radical (unpaired) electrons. The van der Waals surface area contributed by atoms with E-state index in [9.17, 15) is 9.59 Å². The molecule has 0 aliphatic rings. The number of carbonyl (C=O) groups is 2. The van der Waals surface area contributed by atoms with Crippen LogP contribution >= 0.6 is 23.2 Å². The first kappa shape index (κ1) is 17.1. The van der Waals surface area contributed by atoms with E-state index in [0.717, 1.165) is 0 Å². The van der Waals surface area contributed by atoms with E-state index in [2.05, 4.69) is 5.32 Å².